The summed E-state index contributed by atoms with van der Waals surface area (Å²) in [7, 11) is 0. The molecule has 21 heavy (non-hydrogen) atoms. The molecule has 0 saturated carbocycles. The summed E-state index contributed by atoms with van der Waals surface area (Å²) in [5.41, 5.74) is 6.71. The van der Waals surface area contributed by atoms with Gasteiger partial charge in [0.2, 0.25) is 0 Å². The van der Waals surface area contributed by atoms with Crippen molar-refractivity contribution in [3.05, 3.63) is 56.5 Å². The molecule has 0 radical (unpaired) electrons. The lowest BCUT2D eigenvalue weighted by Crippen LogP contribution is -2.04. The molecule has 0 aliphatic rings. The second-order valence-corrected chi connectivity index (χ2v) is 5.55. The van der Waals surface area contributed by atoms with Gasteiger partial charge in [-0.2, -0.15) is 0 Å². The molecule has 0 atom stereocenters. The van der Waals surface area contributed by atoms with Gasteiger partial charge in [-0.05, 0) is 31.2 Å². The van der Waals surface area contributed by atoms with Crippen molar-refractivity contribution in [1.82, 2.24) is 0 Å². The molecular weight excluding hydrogens is 333 g/mol. The lowest BCUT2D eigenvalue weighted by Gasteiger charge is -2.10. The van der Waals surface area contributed by atoms with Gasteiger partial charge in [0.05, 0.1) is 16.7 Å². The van der Waals surface area contributed by atoms with Crippen LogP contribution in [-0.4, -0.2) is 12.4 Å². The lowest BCUT2D eigenvalue weighted by atomic mass is 10.0. The van der Waals surface area contributed by atoms with E-state index in [1.54, 1.807) is 6.07 Å². The van der Waals surface area contributed by atoms with E-state index in [1.165, 1.54) is 24.3 Å². The molecule has 0 amide bonds. The fourth-order valence-corrected chi connectivity index (χ4v) is 2.57. The fourth-order valence-electron chi connectivity index (χ4n) is 1.87. The number of ether oxygens (including phenoxy) is 1. The third-order valence-electron chi connectivity index (χ3n) is 2.75. The Morgan fingerprint density at radius 3 is 2.43 bits per heavy atom. The number of carbonyl (C=O) groups excluding carboxylic acids is 1. The maximum Gasteiger partial charge on any atom is 0.194 e. The molecule has 0 aliphatic heterocycles. The minimum absolute atomic E-state index is 0.256. The smallest absolute Gasteiger partial charge is 0.194 e. The summed E-state index contributed by atoms with van der Waals surface area (Å²) in [6.45, 7) is 2.28. The zero-order chi connectivity index (χ0) is 15.6. The van der Waals surface area contributed by atoms with Gasteiger partial charge < -0.3 is 10.5 Å². The minimum Gasteiger partial charge on any atom is -0.492 e. The number of rotatable bonds is 4. The molecule has 0 unspecified atom stereocenters. The highest BCUT2D eigenvalue weighted by atomic mass is 35.5. The van der Waals surface area contributed by atoms with E-state index in [2.05, 4.69) is 0 Å². The molecule has 0 heterocycles. The van der Waals surface area contributed by atoms with Gasteiger partial charge >= 0.3 is 0 Å². The molecule has 2 aromatic carbocycles. The normalized spacial score (nSPS) is 10.5. The monoisotopic (exact) mass is 343 g/mol. The number of nitrogens with two attached hydrogens (primary N) is 1. The third-order valence-corrected chi connectivity index (χ3v) is 3.57. The standard InChI is InChI=1S/C15H12Cl3NO2/c1-2-21-14-7-12(17)11(6-13(14)18)15(20)8-3-9(16)5-10(19)4-8/h3-7H,2,19H2,1H3. The number of hydrogen-bond acceptors (Lipinski definition) is 3. The van der Waals surface area contributed by atoms with Crippen LogP contribution in [0.2, 0.25) is 15.1 Å². The van der Waals surface area contributed by atoms with Crippen molar-refractivity contribution in [3.63, 3.8) is 0 Å². The van der Waals surface area contributed by atoms with E-state index in [0.29, 0.717) is 33.7 Å². The molecular formula is C15H12Cl3NO2. The Bertz CT molecular complexity index is 681. The zero-order valence-electron chi connectivity index (χ0n) is 11.1. The van der Waals surface area contributed by atoms with Crippen LogP contribution in [0.5, 0.6) is 5.75 Å². The quantitative estimate of drug-likeness (QED) is 0.636. The van der Waals surface area contributed by atoms with Gasteiger partial charge in [-0.15, -0.1) is 0 Å². The van der Waals surface area contributed by atoms with Crippen molar-refractivity contribution in [2.75, 3.05) is 12.3 Å². The molecule has 2 aromatic rings. The van der Waals surface area contributed by atoms with E-state index in [1.807, 2.05) is 6.92 Å². The van der Waals surface area contributed by atoms with Gasteiger partial charge in [0.1, 0.15) is 5.75 Å². The number of carbonyl (C=O) groups is 1. The zero-order valence-corrected chi connectivity index (χ0v) is 13.4. The summed E-state index contributed by atoms with van der Waals surface area (Å²) in [4.78, 5) is 12.5. The van der Waals surface area contributed by atoms with Crippen LogP contribution in [0, 0.1) is 0 Å². The second-order valence-electron chi connectivity index (χ2n) is 4.30. The summed E-state index contributed by atoms with van der Waals surface area (Å²) in [6.07, 6.45) is 0. The van der Waals surface area contributed by atoms with E-state index in [-0.39, 0.29) is 16.4 Å². The highest BCUT2D eigenvalue weighted by Gasteiger charge is 2.17. The Morgan fingerprint density at radius 1 is 1.10 bits per heavy atom. The van der Waals surface area contributed by atoms with Crippen molar-refractivity contribution in [2.24, 2.45) is 0 Å². The first-order valence-electron chi connectivity index (χ1n) is 6.15. The SMILES string of the molecule is CCOc1cc(Cl)c(C(=O)c2cc(N)cc(Cl)c2)cc1Cl. The van der Waals surface area contributed by atoms with Crippen LogP contribution in [0.3, 0.4) is 0 Å². The van der Waals surface area contributed by atoms with Gasteiger partial charge in [0.15, 0.2) is 5.78 Å². The van der Waals surface area contributed by atoms with Gasteiger partial charge in [-0.1, -0.05) is 34.8 Å². The van der Waals surface area contributed by atoms with Crippen LogP contribution in [-0.2, 0) is 0 Å². The van der Waals surface area contributed by atoms with Gasteiger partial charge in [0, 0.05) is 27.9 Å². The Kier molecular flexibility index (Phi) is 4.99. The Balaban J connectivity index is 2.46. The van der Waals surface area contributed by atoms with Crippen molar-refractivity contribution in [1.29, 1.82) is 0 Å². The van der Waals surface area contributed by atoms with E-state index in [0.717, 1.165) is 0 Å². The Labute approximate surface area is 137 Å². The number of hydrogen-bond donors (Lipinski definition) is 1. The van der Waals surface area contributed by atoms with Crippen LogP contribution in [0.1, 0.15) is 22.8 Å². The molecule has 2 N–H and O–H groups in total. The van der Waals surface area contributed by atoms with Gasteiger partial charge in [-0.25, -0.2) is 0 Å². The van der Waals surface area contributed by atoms with Crippen LogP contribution in [0.4, 0.5) is 5.69 Å². The predicted molar refractivity (Wildman–Crippen MR) is 86.9 cm³/mol. The molecule has 6 heteroatoms. The van der Waals surface area contributed by atoms with Crippen molar-refractivity contribution >= 4 is 46.3 Å². The van der Waals surface area contributed by atoms with Gasteiger partial charge in [-0.3, -0.25) is 4.79 Å². The van der Waals surface area contributed by atoms with Gasteiger partial charge in [0.25, 0.3) is 0 Å². The first-order valence-corrected chi connectivity index (χ1v) is 7.28. The molecule has 0 bridgehead atoms. The average Bonchev–Trinajstić information content (AvgIpc) is 2.41. The largest absolute Gasteiger partial charge is 0.492 e. The molecule has 0 spiro atoms. The summed E-state index contributed by atoms with van der Waals surface area (Å²) < 4.78 is 5.33. The fraction of sp³-hybridized carbons (Fsp3) is 0.133. The molecule has 0 aromatic heterocycles. The van der Waals surface area contributed by atoms with E-state index in [9.17, 15) is 4.79 Å². The number of nitrogen functional groups attached to an aromatic ring is 1. The van der Waals surface area contributed by atoms with Crippen molar-refractivity contribution in [3.8, 4) is 5.75 Å². The van der Waals surface area contributed by atoms with Crippen LogP contribution >= 0.6 is 34.8 Å². The Hall–Kier alpha value is -1.42. The Morgan fingerprint density at radius 2 is 1.81 bits per heavy atom. The first kappa shape index (κ1) is 16.0. The maximum atomic E-state index is 12.5. The lowest BCUT2D eigenvalue weighted by molar-refractivity contribution is 0.103. The average molecular weight is 345 g/mol. The van der Waals surface area contributed by atoms with E-state index >= 15 is 0 Å². The second kappa shape index (κ2) is 6.56. The molecule has 3 nitrogen and oxygen atoms in total. The molecule has 0 aliphatic carbocycles. The van der Waals surface area contributed by atoms with E-state index in [4.69, 9.17) is 45.3 Å². The molecule has 0 fully saturated rings. The predicted octanol–water partition coefficient (Wildman–Crippen LogP) is 4.86. The number of ketones is 1. The minimum atomic E-state index is -0.306. The highest BCUT2D eigenvalue weighted by molar-refractivity contribution is 6.38. The molecule has 2 rings (SSSR count). The van der Waals surface area contributed by atoms with Crippen LogP contribution in [0.25, 0.3) is 0 Å². The topological polar surface area (TPSA) is 52.3 Å². The summed E-state index contributed by atoms with van der Waals surface area (Å²) >= 11 is 18.1. The maximum absolute atomic E-state index is 12.5. The summed E-state index contributed by atoms with van der Waals surface area (Å²) in [6, 6.07) is 7.63. The van der Waals surface area contributed by atoms with Crippen molar-refractivity contribution in [2.45, 2.75) is 6.92 Å². The first-order chi connectivity index (χ1) is 9.92. The summed E-state index contributed by atoms with van der Waals surface area (Å²) in [5.74, 6) is 0.130. The van der Waals surface area contributed by atoms with Crippen LogP contribution < -0.4 is 10.5 Å². The third kappa shape index (κ3) is 3.62. The van der Waals surface area contributed by atoms with Crippen molar-refractivity contribution < 1.29 is 9.53 Å². The number of anilines is 1. The molecule has 110 valence electrons. The molecule has 0 saturated heterocycles. The summed E-state index contributed by atoms with van der Waals surface area (Å²) in [5, 5.41) is 0.956. The highest BCUT2D eigenvalue weighted by Crippen LogP contribution is 2.33. The van der Waals surface area contributed by atoms with Crippen LogP contribution in [0.15, 0.2) is 30.3 Å². The number of benzene rings is 2. The van der Waals surface area contributed by atoms with E-state index < -0.39 is 0 Å². The number of halogens is 3.